The summed E-state index contributed by atoms with van der Waals surface area (Å²) in [6.45, 7) is 2.01. The van der Waals surface area contributed by atoms with Crippen LogP contribution < -0.4 is 0 Å². The van der Waals surface area contributed by atoms with Crippen molar-refractivity contribution in [3.05, 3.63) is 0 Å². The molecule has 0 saturated carbocycles. The van der Waals surface area contributed by atoms with Crippen molar-refractivity contribution in [2.45, 2.75) is 47.2 Å². The standard InChI is InChI=1S/C9H10Cl3O6P/c1-8(9(10,11)12)15-6-5-4(14-7(6)16-8)3-2-13-19(17-3)18-5/h3-7H,2H2,1H3/t3-,4-,5+,6-,7-,8?,19?/m1/s1. The minimum Gasteiger partial charge on any atom is -0.341 e. The smallest absolute Gasteiger partial charge is 0.333 e. The van der Waals surface area contributed by atoms with Crippen LogP contribution in [-0.4, -0.2) is 46.9 Å². The van der Waals surface area contributed by atoms with Crippen molar-refractivity contribution in [2.24, 2.45) is 0 Å². The van der Waals surface area contributed by atoms with E-state index in [1.54, 1.807) is 6.92 Å². The minimum atomic E-state index is -1.72. The van der Waals surface area contributed by atoms with Crippen molar-refractivity contribution < 1.29 is 27.8 Å². The molecule has 19 heavy (non-hydrogen) atoms. The molecule has 4 aliphatic rings. The molecule has 0 aliphatic carbocycles. The summed E-state index contributed by atoms with van der Waals surface area (Å²) in [5, 5.41) is 0. The molecule has 4 fully saturated rings. The first-order valence-electron chi connectivity index (χ1n) is 5.72. The highest BCUT2D eigenvalue weighted by Gasteiger charge is 2.66. The number of rotatable bonds is 0. The Hall–Kier alpha value is 1.06. The van der Waals surface area contributed by atoms with Gasteiger partial charge in [-0.1, -0.05) is 34.8 Å². The highest BCUT2D eigenvalue weighted by atomic mass is 35.6. The topological polar surface area (TPSA) is 55.4 Å². The fourth-order valence-electron chi connectivity index (χ4n) is 2.55. The van der Waals surface area contributed by atoms with Gasteiger partial charge in [-0.15, -0.1) is 0 Å². The van der Waals surface area contributed by atoms with Crippen LogP contribution in [0.3, 0.4) is 0 Å². The molecule has 108 valence electrons. The molecule has 4 rings (SSSR count). The van der Waals surface area contributed by atoms with Crippen LogP contribution in [0.25, 0.3) is 0 Å². The molecule has 0 aromatic heterocycles. The third-order valence-electron chi connectivity index (χ3n) is 3.56. The molecule has 2 unspecified atom stereocenters. The van der Waals surface area contributed by atoms with E-state index < -0.39 is 30.6 Å². The van der Waals surface area contributed by atoms with Crippen molar-refractivity contribution in [2.75, 3.05) is 6.61 Å². The molecular weight excluding hydrogens is 341 g/mol. The van der Waals surface area contributed by atoms with Crippen LogP contribution in [0.4, 0.5) is 0 Å². The largest absolute Gasteiger partial charge is 0.341 e. The second-order valence-corrected chi connectivity index (χ2v) is 8.25. The molecule has 4 saturated heterocycles. The average Bonchev–Trinajstić information content (AvgIpc) is 2.92. The highest BCUT2D eigenvalue weighted by molar-refractivity contribution is 7.42. The van der Waals surface area contributed by atoms with Gasteiger partial charge in [0.1, 0.15) is 24.4 Å². The average molecular weight is 352 g/mol. The summed E-state index contributed by atoms with van der Waals surface area (Å²) >= 11 is 17.6. The molecular formula is C9H10Cl3O6P. The molecule has 0 aromatic rings. The number of alkyl halides is 3. The van der Waals surface area contributed by atoms with E-state index in [0.29, 0.717) is 6.61 Å². The Balaban J connectivity index is 1.57. The Labute approximate surface area is 125 Å². The maximum atomic E-state index is 5.88. The second kappa shape index (κ2) is 4.29. The third kappa shape index (κ3) is 1.97. The van der Waals surface area contributed by atoms with Gasteiger partial charge in [0.15, 0.2) is 6.29 Å². The van der Waals surface area contributed by atoms with Crippen LogP contribution in [0.1, 0.15) is 6.92 Å². The molecule has 0 N–H and O–H groups in total. The van der Waals surface area contributed by atoms with Gasteiger partial charge in [0.05, 0.1) is 6.61 Å². The van der Waals surface area contributed by atoms with E-state index >= 15 is 0 Å². The first-order valence-corrected chi connectivity index (χ1v) is 7.95. The van der Waals surface area contributed by atoms with E-state index in [2.05, 4.69) is 0 Å². The quantitative estimate of drug-likeness (QED) is 0.493. The van der Waals surface area contributed by atoms with Gasteiger partial charge in [-0.3, -0.25) is 0 Å². The normalized spacial score (nSPS) is 56.2. The van der Waals surface area contributed by atoms with E-state index in [1.165, 1.54) is 0 Å². The summed E-state index contributed by atoms with van der Waals surface area (Å²) in [7, 11) is -1.32. The summed E-state index contributed by atoms with van der Waals surface area (Å²) < 4.78 is 32.0. The highest BCUT2D eigenvalue weighted by Crippen LogP contribution is 2.59. The maximum absolute atomic E-state index is 5.88. The lowest BCUT2D eigenvalue weighted by Crippen LogP contribution is -2.47. The number of hydrogen-bond acceptors (Lipinski definition) is 6. The van der Waals surface area contributed by atoms with Crippen molar-refractivity contribution in [1.29, 1.82) is 0 Å². The van der Waals surface area contributed by atoms with E-state index in [9.17, 15) is 0 Å². The molecule has 0 spiro atoms. The van der Waals surface area contributed by atoms with Crippen LogP contribution in [-0.2, 0) is 27.8 Å². The van der Waals surface area contributed by atoms with Gasteiger partial charge < -0.3 is 27.8 Å². The van der Waals surface area contributed by atoms with Gasteiger partial charge >= 0.3 is 8.60 Å². The molecule has 0 amide bonds. The van der Waals surface area contributed by atoms with Crippen LogP contribution >= 0.6 is 43.4 Å². The number of halogens is 3. The second-order valence-electron chi connectivity index (χ2n) is 4.85. The van der Waals surface area contributed by atoms with Gasteiger partial charge in [-0.25, -0.2) is 0 Å². The predicted octanol–water partition coefficient (Wildman–Crippen LogP) is 2.25. The number of ether oxygens (including phenoxy) is 3. The van der Waals surface area contributed by atoms with Crippen molar-refractivity contribution in [3.8, 4) is 0 Å². The lowest BCUT2D eigenvalue weighted by molar-refractivity contribution is -0.231. The molecule has 7 atom stereocenters. The number of fused-ring (bicyclic) bond motifs is 6. The molecule has 4 aliphatic heterocycles. The van der Waals surface area contributed by atoms with Crippen LogP contribution in [0.2, 0.25) is 0 Å². The molecule has 0 aromatic carbocycles. The Kier molecular flexibility index (Phi) is 3.10. The maximum Gasteiger partial charge on any atom is 0.333 e. The van der Waals surface area contributed by atoms with E-state index in [4.69, 9.17) is 62.6 Å². The molecule has 0 radical (unpaired) electrons. The van der Waals surface area contributed by atoms with Crippen molar-refractivity contribution >= 4 is 43.4 Å². The summed E-state index contributed by atoms with van der Waals surface area (Å²) in [4.78, 5) is 0. The fraction of sp³-hybridized carbons (Fsp3) is 1.00. The zero-order valence-electron chi connectivity index (χ0n) is 9.62. The predicted molar refractivity (Wildman–Crippen MR) is 65.9 cm³/mol. The van der Waals surface area contributed by atoms with Gasteiger partial charge in [0.2, 0.25) is 9.58 Å². The summed E-state index contributed by atoms with van der Waals surface area (Å²) in [5.74, 6) is -1.37. The SMILES string of the molecule is CC1(C(Cl)(Cl)Cl)O[C@H]2O[C@H]3[C@H](OP4OC[C@H]3O4)[C@H]2O1. The first-order chi connectivity index (χ1) is 8.87. The lowest BCUT2D eigenvalue weighted by Gasteiger charge is -2.34. The Morgan fingerprint density at radius 1 is 1.11 bits per heavy atom. The van der Waals surface area contributed by atoms with Gasteiger partial charge in [-0.2, -0.15) is 0 Å². The Bertz CT molecular complexity index is 408. The molecule has 10 heteroatoms. The van der Waals surface area contributed by atoms with Crippen LogP contribution in [0.5, 0.6) is 0 Å². The van der Waals surface area contributed by atoms with Gasteiger partial charge in [-0.05, 0) is 6.92 Å². The van der Waals surface area contributed by atoms with Crippen LogP contribution in [0, 0.1) is 0 Å². The van der Waals surface area contributed by atoms with E-state index in [1.807, 2.05) is 0 Å². The summed E-state index contributed by atoms with van der Waals surface area (Å²) in [5.41, 5.74) is 0. The summed E-state index contributed by atoms with van der Waals surface area (Å²) in [6.07, 6.45) is -1.84. The van der Waals surface area contributed by atoms with Crippen LogP contribution in [0.15, 0.2) is 0 Å². The third-order valence-corrected chi connectivity index (χ3v) is 5.81. The number of hydrogen-bond donors (Lipinski definition) is 0. The van der Waals surface area contributed by atoms with Gasteiger partial charge in [0, 0.05) is 0 Å². The monoisotopic (exact) mass is 350 g/mol. The molecule has 2 bridgehead atoms. The minimum absolute atomic E-state index is 0.151. The zero-order valence-corrected chi connectivity index (χ0v) is 12.8. The Morgan fingerprint density at radius 2 is 1.89 bits per heavy atom. The fourth-order valence-corrected chi connectivity index (χ4v) is 4.09. The van der Waals surface area contributed by atoms with Crippen molar-refractivity contribution in [1.82, 2.24) is 0 Å². The zero-order chi connectivity index (χ0) is 13.4. The lowest BCUT2D eigenvalue weighted by atomic mass is 10.1. The Morgan fingerprint density at radius 3 is 2.63 bits per heavy atom. The first kappa shape index (κ1) is 13.7. The molecule has 4 heterocycles. The van der Waals surface area contributed by atoms with Gasteiger partial charge in [0.25, 0.3) is 0 Å². The van der Waals surface area contributed by atoms with E-state index in [-0.39, 0.29) is 18.3 Å². The summed E-state index contributed by atoms with van der Waals surface area (Å²) in [6, 6.07) is 0. The van der Waals surface area contributed by atoms with E-state index in [0.717, 1.165) is 0 Å². The molecule has 6 nitrogen and oxygen atoms in total. The van der Waals surface area contributed by atoms with Crippen molar-refractivity contribution in [3.63, 3.8) is 0 Å².